The Morgan fingerprint density at radius 1 is 1.19 bits per heavy atom. The molecule has 0 bridgehead atoms. The van der Waals surface area contributed by atoms with Crippen LogP contribution in [0.1, 0.15) is 67.8 Å². The van der Waals surface area contributed by atoms with Crippen molar-refractivity contribution < 1.29 is 14.0 Å². The van der Waals surface area contributed by atoms with Gasteiger partial charge in [0.25, 0.3) is 0 Å². The third-order valence-electron chi connectivity index (χ3n) is 6.17. The smallest absolute Gasteiger partial charge is 0.227 e. The van der Waals surface area contributed by atoms with Crippen LogP contribution in [0.25, 0.3) is 0 Å². The van der Waals surface area contributed by atoms with Gasteiger partial charge >= 0.3 is 0 Å². The molecular weight excluding hydrogens is 328 g/mol. The van der Waals surface area contributed by atoms with Gasteiger partial charge < -0.3 is 14.0 Å². The Kier molecular flexibility index (Phi) is 4.84. The Labute approximate surface area is 155 Å². The molecule has 1 saturated heterocycles. The Hall–Kier alpha value is -1.72. The molecule has 0 amide bonds. The molecule has 5 nitrogen and oxygen atoms in total. The molecule has 0 unspecified atom stereocenters. The topological polar surface area (TPSA) is 57.4 Å². The van der Waals surface area contributed by atoms with Crippen LogP contribution in [0.5, 0.6) is 0 Å². The third-order valence-corrected chi connectivity index (χ3v) is 6.17. The fourth-order valence-corrected chi connectivity index (χ4v) is 4.56. The molecule has 0 radical (unpaired) electrons. The summed E-state index contributed by atoms with van der Waals surface area (Å²) in [5.74, 6) is 3.08. The summed E-state index contributed by atoms with van der Waals surface area (Å²) >= 11 is 0. The molecule has 0 saturated carbocycles. The maximum absolute atomic E-state index is 5.79. The Bertz CT molecular complexity index is 749. The summed E-state index contributed by atoms with van der Waals surface area (Å²) in [5, 5.41) is 4.27. The van der Waals surface area contributed by atoms with E-state index in [9.17, 15) is 0 Å². The van der Waals surface area contributed by atoms with E-state index in [1.807, 2.05) is 0 Å². The van der Waals surface area contributed by atoms with Crippen molar-refractivity contribution >= 4 is 0 Å². The summed E-state index contributed by atoms with van der Waals surface area (Å²) < 4.78 is 16.9. The first-order valence-electron chi connectivity index (χ1n) is 9.68. The number of benzene rings is 1. The molecule has 1 aliphatic carbocycles. The molecule has 2 aromatic rings. The van der Waals surface area contributed by atoms with E-state index in [0.29, 0.717) is 42.7 Å². The lowest BCUT2D eigenvalue weighted by molar-refractivity contribution is -0.101. The van der Waals surface area contributed by atoms with E-state index >= 15 is 0 Å². The quantitative estimate of drug-likeness (QED) is 0.804. The molecule has 0 spiro atoms. The number of hydrogen-bond donors (Lipinski definition) is 0. The standard InChI is InChI=1S/C21H28N2O3/c1-14(2)18-12-15(16-6-4-5-7-17(16)18)13-19-22-20(23-26-19)21(24-3)8-10-25-11-9-21/h4-7,14-15,18H,8-13H2,1-3H3/t15-,18-/m0/s1. The van der Waals surface area contributed by atoms with E-state index in [4.69, 9.17) is 19.0 Å². The van der Waals surface area contributed by atoms with Gasteiger partial charge in [0.1, 0.15) is 5.60 Å². The third kappa shape index (κ3) is 3.08. The average molecular weight is 356 g/mol. The molecule has 0 N–H and O–H groups in total. The van der Waals surface area contributed by atoms with Crippen LogP contribution in [0, 0.1) is 5.92 Å². The summed E-state index contributed by atoms with van der Waals surface area (Å²) in [5.41, 5.74) is 2.47. The van der Waals surface area contributed by atoms with Gasteiger partial charge in [0.05, 0.1) is 0 Å². The van der Waals surface area contributed by atoms with Crippen LogP contribution in [0.3, 0.4) is 0 Å². The highest BCUT2D eigenvalue weighted by molar-refractivity contribution is 5.39. The SMILES string of the molecule is COC1(c2noc(C[C@@H]3C[C@@H](C(C)C)c4ccccc43)n2)CCOCC1. The van der Waals surface area contributed by atoms with Crippen LogP contribution in [-0.4, -0.2) is 30.5 Å². The minimum Gasteiger partial charge on any atom is -0.381 e. The molecule has 2 aliphatic rings. The van der Waals surface area contributed by atoms with Crippen LogP contribution in [0.15, 0.2) is 28.8 Å². The number of hydrogen-bond acceptors (Lipinski definition) is 5. The van der Waals surface area contributed by atoms with Gasteiger partial charge in [0, 0.05) is 39.6 Å². The van der Waals surface area contributed by atoms with Crippen molar-refractivity contribution in [2.24, 2.45) is 5.92 Å². The molecule has 140 valence electrons. The van der Waals surface area contributed by atoms with Crippen molar-refractivity contribution in [2.45, 2.75) is 57.0 Å². The lowest BCUT2D eigenvalue weighted by Crippen LogP contribution is -2.36. The monoisotopic (exact) mass is 356 g/mol. The van der Waals surface area contributed by atoms with Gasteiger partial charge in [-0.25, -0.2) is 0 Å². The lowest BCUT2D eigenvalue weighted by Gasteiger charge is -2.32. The van der Waals surface area contributed by atoms with Crippen molar-refractivity contribution in [3.63, 3.8) is 0 Å². The number of methoxy groups -OCH3 is 1. The molecule has 1 fully saturated rings. The van der Waals surface area contributed by atoms with Crippen molar-refractivity contribution in [1.29, 1.82) is 0 Å². The number of nitrogens with zero attached hydrogens (tertiary/aromatic N) is 2. The van der Waals surface area contributed by atoms with E-state index in [2.05, 4.69) is 43.3 Å². The molecule has 2 atom stereocenters. The van der Waals surface area contributed by atoms with Gasteiger partial charge in [0.15, 0.2) is 0 Å². The highest BCUT2D eigenvalue weighted by atomic mass is 16.5. The molecule has 1 aliphatic heterocycles. The van der Waals surface area contributed by atoms with Crippen molar-refractivity contribution in [1.82, 2.24) is 10.1 Å². The maximum Gasteiger partial charge on any atom is 0.227 e. The van der Waals surface area contributed by atoms with Crippen LogP contribution >= 0.6 is 0 Å². The Morgan fingerprint density at radius 3 is 2.62 bits per heavy atom. The molecule has 1 aromatic heterocycles. The van der Waals surface area contributed by atoms with Crippen molar-refractivity contribution in [2.75, 3.05) is 20.3 Å². The highest BCUT2D eigenvalue weighted by Crippen LogP contribution is 2.46. The maximum atomic E-state index is 5.79. The first kappa shape index (κ1) is 17.7. The fourth-order valence-electron chi connectivity index (χ4n) is 4.56. The van der Waals surface area contributed by atoms with Crippen LogP contribution < -0.4 is 0 Å². The van der Waals surface area contributed by atoms with Gasteiger partial charge in [-0.3, -0.25) is 0 Å². The number of aromatic nitrogens is 2. The van der Waals surface area contributed by atoms with E-state index in [0.717, 1.165) is 25.7 Å². The number of rotatable bonds is 5. The van der Waals surface area contributed by atoms with Gasteiger partial charge in [0.2, 0.25) is 11.7 Å². The van der Waals surface area contributed by atoms with E-state index in [1.165, 1.54) is 11.1 Å². The van der Waals surface area contributed by atoms with E-state index < -0.39 is 5.60 Å². The summed E-state index contributed by atoms with van der Waals surface area (Å²) in [7, 11) is 1.72. The van der Waals surface area contributed by atoms with Crippen molar-refractivity contribution in [3.05, 3.63) is 47.1 Å². The second-order valence-corrected chi connectivity index (χ2v) is 7.94. The largest absolute Gasteiger partial charge is 0.381 e. The predicted octanol–water partition coefficient (Wildman–Crippen LogP) is 4.19. The molecular formula is C21H28N2O3. The summed E-state index contributed by atoms with van der Waals surface area (Å²) in [4.78, 5) is 4.72. The minimum absolute atomic E-state index is 0.445. The molecule has 5 heteroatoms. The lowest BCUT2D eigenvalue weighted by atomic mass is 9.89. The van der Waals surface area contributed by atoms with Gasteiger partial charge in [-0.05, 0) is 35.3 Å². The minimum atomic E-state index is -0.464. The molecule has 2 heterocycles. The molecule has 26 heavy (non-hydrogen) atoms. The predicted molar refractivity (Wildman–Crippen MR) is 98.1 cm³/mol. The molecule has 1 aromatic carbocycles. The highest BCUT2D eigenvalue weighted by Gasteiger charge is 2.40. The van der Waals surface area contributed by atoms with Crippen molar-refractivity contribution in [3.8, 4) is 0 Å². The fraction of sp³-hybridized carbons (Fsp3) is 0.619. The Balaban J connectivity index is 1.55. The molecule has 4 rings (SSSR count). The van der Waals surface area contributed by atoms with Gasteiger partial charge in [-0.2, -0.15) is 4.98 Å². The summed E-state index contributed by atoms with van der Waals surface area (Å²) in [6.45, 7) is 5.96. The van der Waals surface area contributed by atoms with Crippen LogP contribution in [0.4, 0.5) is 0 Å². The Morgan fingerprint density at radius 2 is 1.92 bits per heavy atom. The number of fused-ring (bicyclic) bond motifs is 1. The zero-order valence-electron chi connectivity index (χ0n) is 15.9. The first-order chi connectivity index (χ1) is 12.6. The first-order valence-corrected chi connectivity index (χ1v) is 9.68. The van der Waals surface area contributed by atoms with Crippen LogP contribution in [-0.2, 0) is 21.5 Å². The van der Waals surface area contributed by atoms with Gasteiger partial charge in [-0.15, -0.1) is 0 Å². The zero-order valence-corrected chi connectivity index (χ0v) is 15.9. The second-order valence-electron chi connectivity index (χ2n) is 7.94. The van der Waals surface area contributed by atoms with E-state index in [-0.39, 0.29) is 0 Å². The average Bonchev–Trinajstić information content (AvgIpc) is 3.28. The zero-order chi connectivity index (χ0) is 18.1. The normalized spacial score (nSPS) is 24.8. The van der Waals surface area contributed by atoms with E-state index in [1.54, 1.807) is 7.11 Å². The second kappa shape index (κ2) is 7.12. The van der Waals surface area contributed by atoms with Gasteiger partial charge in [-0.1, -0.05) is 43.3 Å². The summed E-state index contributed by atoms with van der Waals surface area (Å²) in [6.07, 6.45) is 3.48. The number of ether oxygens (including phenoxy) is 2. The van der Waals surface area contributed by atoms with Crippen LogP contribution in [0.2, 0.25) is 0 Å². The summed E-state index contributed by atoms with van der Waals surface area (Å²) in [6, 6.07) is 8.82.